The molecule has 0 saturated heterocycles. The Balaban J connectivity index is 2.62. The van der Waals surface area contributed by atoms with E-state index in [4.69, 9.17) is 11.6 Å². The number of fused-ring (bicyclic) bond motifs is 1. The first kappa shape index (κ1) is 11.0. The zero-order valence-electron chi connectivity index (χ0n) is 9.89. The number of halogens is 1. The zero-order valence-corrected chi connectivity index (χ0v) is 10.7. The number of benzene rings is 1. The highest BCUT2D eigenvalue weighted by Gasteiger charge is 2.32. The molecule has 0 atom stereocenters. The van der Waals surface area contributed by atoms with Crippen molar-refractivity contribution >= 4 is 11.6 Å². The third-order valence-corrected chi connectivity index (χ3v) is 3.40. The molecule has 1 aliphatic heterocycles. The van der Waals surface area contributed by atoms with E-state index in [0.717, 1.165) is 18.1 Å². The first-order valence-corrected chi connectivity index (χ1v) is 5.76. The monoisotopic (exact) mass is 223 g/mol. The van der Waals surface area contributed by atoms with Crippen LogP contribution in [0.5, 0.6) is 0 Å². The Kier molecular flexibility index (Phi) is 2.56. The largest absolute Gasteiger partial charge is 0.301 e. The fourth-order valence-electron chi connectivity index (χ4n) is 2.80. The second kappa shape index (κ2) is 3.50. The van der Waals surface area contributed by atoms with Gasteiger partial charge in [-0.05, 0) is 36.7 Å². The number of hydrogen-bond acceptors (Lipinski definition) is 1. The minimum absolute atomic E-state index is 0.160. The van der Waals surface area contributed by atoms with Crippen LogP contribution in [0.25, 0.3) is 0 Å². The molecule has 1 aromatic carbocycles. The van der Waals surface area contributed by atoms with E-state index in [9.17, 15) is 0 Å². The summed E-state index contributed by atoms with van der Waals surface area (Å²) in [6, 6.07) is 4.34. The van der Waals surface area contributed by atoms with Crippen molar-refractivity contribution in [2.75, 3.05) is 13.6 Å². The first-order chi connectivity index (χ1) is 6.90. The van der Waals surface area contributed by atoms with Crippen LogP contribution >= 0.6 is 11.6 Å². The molecule has 2 heteroatoms. The maximum Gasteiger partial charge on any atom is 0.0449 e. The van der Waals surface area contributed by atoms with Crippen LogP contribution in [0.2, 0.25) is 5.02 Å². The van der Waals surface area contributed by atoms with E-state index in [0.29, 0.717) is 0 Å². The molecule has 15 heavy (non-hydrogen) atoms. The van der Waals surface area contributed by atoms with Crippen molar-refractivity contribution in [3.8, 4) is 0 Å². The molecule has 2 rings (SSSR count). The van der Waals surface area contributed by atoms with Crippen LogP contribution in [-0.2, 0) is 12.0 Å². The van der Waals surface area contributed by atoms with Gasteiger partial charge in [0.25, 0.3) is 0 Å². The van der Waals surface area contributed by atoms with Gasteiger partial charge in [-0.3, -0.25) is 0 Å². The standard InChI is InChI=1S/C13H18ClN/c1-9-5-10-7-15(4)8-13(2,3)12(10)11(14)6-9/h5-6H,7-8H2,1-4H3. The van der Waals surface area contributed by atoms with Gasteiger partial charge in [0, 0.05) is 23.5 Å². The Hall–Kier alpha value is -0.530. The third-order valence-electron chi connectivity index (χ3n) is 3.10. The summed E-state index contributed by atoms with van der Waals surface area (Å²) in [5, 5.41) is 0.933. The van der Waals surface area contributed by atoms with Gasteiger partial charge >= 0.3 is 0 Å². The molecule has 82 valence electrons. The lowest BCUT2D eigenvalue weighted by Crippen LogP contribution is -2.40. The fraction of sp³-hybridized carbons (Fsp3) is 0.538. The molecule has 0 aliphatic carbocycles. The maximum absolute atomic E-state index is 6.36. The number of likely N-dealkylation sites (N-methyl/N-ethyl adjacent to an activating group) is 1. The van der Waals surface area contributed by atoms with E-state index in [-0.39, 0.29) is 5.41 Å². The average Bonchev–Trinajstić information content (AvgIpc) is 1.97. The molecule has 0 aromatic heterocycles. The van der Waals surface area contributed by atoms with E-state index in [1.165, 1.54) is 16.7 Å². The minimum Gasteiger partial charge on any atom is -0.301 e. The topological polar surface area (TPSA) is 3.24 Å². The highest BCUT2D eigenvalue weighted by atomic mass is 35.5. The van der Waals surface area contributed by atoms with E-state index in [1.807, 2.05) is 0 Å². The number of hydrogen-bond donors (Lipinski definition) is 0. The van der Waals surface area contributed by atoms with E-state index >= 15 is 0 Å². The lowest BCUT2D eigenvalue weighted by Gasteiger charge is -2.39. The van der Waals surface area contributed by atoms with Gasteiger partial charge in [-0.2, -0.15) is 0 Å². The molecule has 0 fully saturated rings. The third kappa shape index (κ3) is 1.91. The summed E-state index contributed by atoms with van der Waals surface area (Å²) < 4.78 is 0. The molecule has 1 heterocycles. The second-order valence-corrected chi connectivity index (χ2v) is 5.74. The Bertz CT molecular complexity index is 396. The molecule has 1 nitrogen and oxygen atoms in total. The lowest BCUT2D eigenvalue weighted by atomic mass is 9.78. The molecule has 0 amide bonds. The Morgan fingerprint density at radius 3 is 2.67 bits per heavy atom. The van der Waals surface area contributed by atoms with Crippen LogP contribution in [0.4, 0.5) is 0 Å². The fourth-order valence-corrected chi connectivity index (χ4v) is 3.35. The summed E-state index contributed by atoms with van der Waals surface area (Å²) in [6.07, 6.45) is 0. The summed E-state index contributed by atoms with van der Waals surface area (Å²) in [5.74, 6) is 0. The molecule has 0 radical (unpaired) electrons. The molecule has 0 unspecified atom stereocenters. The van der Waals surface area contributed by atoms with E-state index in [1.54, 1.807) is 0 Å². The molecule has 0 saturated carbocycles. The van der Waals surface area contributed by atoms with Gasteiger partial charge in [-0.15, -0.1) is 0 Å². The van der Waals surface area contributed by atoms with Crippen molar-refractivity contribution in [2.24, 2.45) is 0 Å². The van der Waals surface area contributed by atoms with E-state index in [2.05, 4.69) is 44.9 Å². The highest BCUT2D eigenvalue weighted by Crippen LogP contribution is 2.38. The second-order valence-electron chi connectivity index (χ2n) is 5.34. The summed E-state index contributed by atoms with van der Waals surface area (Å²) >= 11 is 6.36. The van der Waals surface area contributed by atoms with Crippen molar-refractivity contribution in [3.63, 3.8) is 0 Å². The molecule has 1 aromatic rings. The number of rotatable bonds is 0. The van der Waals surface area contributed by atoms with Gasteiger partial charge in [0.2, 0.25) is 0 Å². The summed E-state index contributed by atoms with van der Waals surface area (Å²) in [6.45, 7) is 8.72. The van der Waals surface area contributed by atoms with Crippen LogP contribution < -0.4 is 0 Å². The van der Waals surface area contributed by atoms with Gasteiger partial charge < -0.3 is 4.90 Å². The summed E-state index contributed by atoms with van der Waals surface area (Å²) in [7, 11) is 2.17. The van der Waals surface area contributed by atoms with Gasteiger partial charge in [0.05, 0.1) is 0 Å². The van der Waals surface area contributed by atoms with Crippen LogP contribution in [0.15, 0.2) is 12.1 Å². The van der Waals surface area contributed by atoms with Crippen molar-refractivity contribution in [3.05, 3.63) is 33.8 Å². The smallest absolute Gasteiger partial charge is 0.0449 e. The number of aryl methyl sites for hydroxylation is 1. The predicted molar refractivity (Wildman–Crippen MR) is 65.5 cm³/mol. The quantitative estimate of drug-likeness (QED) is 0.652. The maximum atomic E-state index is 6.36. The molecule has 1 aliphatic rings. The van der Waals surface area contributed by atoms with Crippen LogP contribution in [0, 0.1) is 6.92 Å². The first-order valence-electron chi connectivity index (χ1n) is 5.38. The minimum atomic E-state index is 0.160. The van der Waals surface area contributed by atoms with E-state index < -0.39 is 0 Å². The normalized spacial score (nSPS) is 20.1. The Morgan fingerprint density at radius 2 is 2.00 bits per heavy atom. The SMILES string of the molecule is Cc1cc(Cl)c2c(c1)CN(C)CC2(C)C. The van der Waals surface area contributed by atoms with Crippen molar-refractivity contribution < 1.29 is 0 Å². The van der Waals surface area contributed by atoms with Gasteiger partial charge in [-0.1, -0.05) is 31.5 Å². The lowest BCUT2D eigenvalue weighted by molar-refractivity contribution is 0.236. The van der Waals surface area contributed by atoms with Crippen molar-refractivity contribution in [1.82, 2.24) is 4.90 Å². The molecule has 0 spiro atoms. The average molecular weight is 224 g/mol. The van der Waals surface area contributed by atoms with Crippen LogP contribution in [0.1, 0.15) is 30.5 Å². The van der Waals surface area contributed by atoms with Crippen molar-refractivity contribution in [1.29, 1.82) is 0 Å². The van der Waals surface area contributed by atoms with Crippen LogP contribution in [-0.4, -0.2) is 18.5 Å². The Labute approximate surface area is 97.0 Å². The zero-order chi connectivity index (χ0) is 11.2. The summed E-state index contributed by atoms with van der Waals surface area (Å²) in [4.78, 5) is 2.36. The number of nitrogens with zero attached hydrogens (tertiary/aromatic N) is 1. The molecule has 0 bridgehead atoms. The summed E-state index contributed by atoms with van der Waals surface area (Å²) in [5.41, 5.74) is 4.14. The molecule has 0 N–H and O–H groups in total. The molecular weight excluding hydrogens is 206 g/mol. The van der Waals surface area contributed by atoms with Crippen molar-refractivity contribution in [2.45, 2.75) is 32.7 Å². The van der Waals surface area contributed by atoms with Gasteiger partial charge in [0.15, 0.2) is 0 Å². The molecular formula is C13H18ClN. The Morgan fingerprint density at radius 1 is 1.33 bits per heavy atom. The highest BCUT2D eigenvalue weighted by molar-refractivity contribution is 6.31. The predicted octanol–water partition coefficient (Wildman–Crippen LogP) is 3.37. The van der Waals surface area contributed by atoms with Gasteiger partial charge in [0.1, 0.15) is 0 Å². The van der Waals surface area contributed by atoms with Gasteiger partial charge in [-0.25, -0.2) is 0 Å². The van der Waals surface area contributed by atoms with Crippen LogP contribution in [0.3, 0.4) is 0 Å².